The predicted octanol–water partition coefficient (Wildman–Crippen LogP) is 3.59. The zero-order chi connectivity index (χ0) is 25.7. The first-order valence-corrected chi connectivity index (χ1v) is 11.6. The van der Waals surface area contributed by atoms with E-state index in [0.29, 0.717) is 27.1 Å². The van der Waals surface area contributed by atoms with E-state index in [1.165, 1.54) is 9.80 Å². The molecule has 0 saturated heterocycles. The number of Topliss-reactive ketones (excluding diaryl/α,β-unsaturated/α-hetero) is 1. The van der Waals surface area contributed by atoms with E-state index in [-0.39, 0.29) is 24.7 Å². The SMILES string of the molecule is CN(C)C(=O)c1cccc(N(Cc2ccc(Cl)c(Cl)c2)C(=O)CC(=O)C2N=CC=C(N(C)C)N2)c1. The molecule has 0 spiro atoms. The molecule has 1 heterocycles. The number of halogens is 2. The molecule has 1 atom stereocenters. The number of nitrogens with zero attached hydrogens (tertiary/aromatic N) is 4. The number of amides is 2. The van der Waals surface area contributed by atoms with Crippen molar-refractivity contribution in [1.29, 1.82) is 0 Å². The van der Waals surface area contributed by atoms with Crippen molar-refractivity contribution in [3.63, 3.8) is 0 Å². The van der Waals surface area contributed by atoms with E-state index in [4.69, 9.17) is 23.2 Å². The molecule has 0 saturated carbocycles. The number of hydrogen-bond acceptors (Lipinski definition) is 6. The maximum absolute atomic E-state index is 13.4. The van der Waals surface area contributed by atoms with Gasteiger partial charge in [-0.1, -0.05) is 35.3 Å². The number of ketones is 1. The summed E-state index contributed by atoms with van der Waals surface area (Å²) in [6.07, 6.45) is 2.04. The molecule has 1 N–H and O–H groups in total. The Kier molecular flexibility index (Phi) is 8.53. The van der Waals surface area contributed by atoms with Crippen molar-refractivity contribution < 1.29 is 14.4 Å². The van der Waals surface area contributed by atoms with Gasteiger partial charge in [-0.3, -0.25) is 19.4 Å². The molecule has 10 heteroatoms. The van der Waals surface area contributed by atoms with Gasteiger partial charge in [0.15, 0.2) is 11.9 Å². The maximum atomic E-state index is 13.4. The molecule has 3 rings (SSSR count). The summed E-state index contributed by atoms with van der Waals surface area (Å²) in [7, 11) is 6.98. The molecule has 8 nitrogen and oxygen atoms in total. The Labute approximate surface area is 214 Å². The standard InChI is InChI=1S/C25H27Cl2N5O3/c1-30(2)22-10-11-28-24(29-22)21(33)14-23(34)32(15-16-8-9-19(26)20(27)12-16)18-7-5-6-17(13-18)25(35)31(3)4/h5-13,24,29H,14-15H2,1-4H3. The van der Waals surface area contributed by atoms with Crippen molar-refractivity contribution >= 4 is 52.7 Å². The largest absolute Gasteiger partial charge is 0.364 e. The number of carbonyl (C=O) groups is 3. The second kappa shape index (κ2) is 11.4. The molecule has 184 valence electrons. The molecule has 2 amide bonds. The van der Waals surface area contributed by atoms with Gasteiger partial charge in [0.1, 0.15) is 5.82 Å². The van der Waals surface area contributed by atoms with Gasteiger partial charge in [0.25, 0.3) is 5.91 Å². The summed E-state index contributed by atoms with van der Waals surface area (Å²) < 4.78 is 0. The summed E-state index contributed by atoms with van der Waals surface area (Å²) in [5, 5.41) is 3.77. The van der Waals surface area contributed by atoms with Crippen LogP contribution in [-0.2, 0) is 16.1 Å². The monoisotopic (exact) mass is 515 g/mol. The smallest absolute Gasteiger partial charge is 0.253 e. The minimum absolute atomic E-state index is 0.132. The minimum atomic E-state index is -0.866. The average molecular weight is 516 g/mol. The van der Waals surface area contributed by atoms with Crippen LogP contribution in [0.4, 0.5) is 5.69 Å². The Morgan fingerprint density at radius 1 is 1.00 bits per heavy atom. The summed E-state index contributed by atoms with van der Waals surface area (Å²) in [6.45, 7) is 0.132. The molecule has 0 aromatic heterocycles. The zero-order valence-corrected chi connectivity index (χ0v) is 21.5. The highest BCUT2D eigenvalue weighted by Gasteiger charge is 2.27. The Morgan fingerprint density at radius 2 is 1.74 bits per heavy atom. The molecule has 0 radical (unpaired) electrons. The van der Waals surface area contributed by atoms with Gasteiger partial charge in [-0.25, -0.2) is 0 Å². The van der Waals surface area contributed by atoms with Crippen LogP contribution in [0.15, 0.2) is 59.4 Å². The average Bonchev–Trinajstić information content (AvgIpc) is 2.84. The Morgan fingerprint density at radius 3 is 2.40 bits per heavy atom. The van der Waals surface area contributed by atoms with E-state index in [0.717, 1.165) is 5.56 Å². The summed E-state index contributed by atoms with van der Waals surface area (Å²) in [4.78, 5) is 47.8. The van der Waals surface area contributed by atoms with Crippen molar-refractivity contribution in [3.05, 3.63) is 75.5 Å². The molecule has 0 bridgehead atoms. The van der Waals surface area contributed by atoms with E-state index in [2.05, 4.69) is 10.3 Å². The van der Waals surface area contributed by atoms with Gasteiger partial charge in [-0.15, -0.1) is 0 Å². The third-order valence-corrected chi connectivity index (χ3v) is 6.04. The van der Waals surface area contributed by atoms with Crippen LogP contribution in [0.3, 0.4) is 0 Å². The number of rotatable bonds is 8. The summed E-state index contributed by atoms with van der Waals surface area (Å²) in [5.41, 5.74) is 1.62. The number of aliphatic imine (C=N–C) groups is 1. The lowest BCUT2D eigenvalue weighted by Gasteiger charge is -2.27. The van der Waals surface area contributed by atoms with Gasteiger partial charge in [0.05, 0.1) is 23.0 Å². The highest BCUT2D eigenvalue weighted by atomic mass is 35.5. The number of allylic oxidation sites excluding steroid dienone is 1. The van der Waals surface area contributed by atoms with Crippen LogP contribution in [0.5, 0.6) is 0 Å². The topological polar surface area (TPSA) is 85.3 Å². The predicted molar refractivity (Wildman–Crippen MR) is 139 cm³/mol. The van der Waals surface area contributed by atoms with Crippen molar-refractivity contribution in [2.24, 2.45) is 4.99 Å². The maximum Gasteiger partial charge on any atom is 0.253 e. The van der Waals surface area contributed by atoms with Crippen molar-refractivity contribution in [1.82, 2.24) is 15.1 Å². The lowest BCUT2D eigenvalue weighted by atomic mass is 10.1. The summed E-state index contributed by atoms with van der Waals surface area (Å²) in [6, 6.07) is 11.8. The quantitative estimate of drug-likeness (QED) is 0.543. The molecular weight excluding hydrogens is 489 g/mol. The molecule has 35 heavy (non-hydrogen) atoms. The van der Waals surface area contributed by atoms with Gasteiger partial charge in [0, 0.05) is 45.7 Å². The van der Waals surface area contributed by atoms with Gasteiger partial charge in [-0.2, -0.15) is 0 Å². The third kappa shape index (κ3) is 6.61. The second-order valence-electron chi connectivity index (χ2n) is 8.41. The van der Waals surface area contributed by atoms with Gasteiger partial charge in [-0.05, 0) is 42.0 Å². The molecule has 2 aromatic carbocycles. The van der Waals surface area contributed by atoms with E-state index < -0.39 is 12.1 Å². The fourth-order valence-electron chi connectivity index (χ4n) is 3.42. The number of nitrogens with one attached hydrogen (secondary N) is 1. The number of anilines is 1. The zero-order valence-electron chi connectivity index (χ0n) is 20.0. The summed E-state index contributed by atoms with van der Waals surface area (Å²) >= 11 is 12.2. The molecule has 1 unspecified atom stereocenters. The summed E-state index contributed by atoms with van der Waals surface area (Å²) in [5.74, 6) is -0.297. The minimum Gasteiger partial charge on any atom is -0.364 e. The number of benzene rings is 2. The van der Waals surface area contributed by atoms with Crippen LogP contribution in [0.2, 0.25) is 10.0 Å². The highest BCUT2D eigenvalue weighted by Crippen LogP contribution is 2.26. The van der Waals surface area contributed by atoms with E-state index in [1.807, 2.05) is 19.0 Å². The third-order valence-electron chi connectivity index (χ3n) is 5.30. The Hall–Kier alpha value is -3.36. The molecule has 1 aliphatic rings. The lowest BCUT2D eigenvalue weighted by molar-refractivity contribution is -0.127. The van der Waals surface area contributed by atoms with Crippen LogP contribution in [0, 0.1) is 0 Å². The highest BCUT2D eigenvalue weighted by molar-refractivity contribution is 6.42. The van der Waals surface area contributed by atoms with Crippen molar-refractivity contribution in [3.8, 4) is 0 Å². The fraction of sp³-hybridized carbons (Fsp3) is 0.280. The lowest BCUT2D eigenvalue weighted by Crippen LogP contribution is -2.43. The van der Waals surface area contributed by atoms with Crippen molar-refractivity contribution in [2.75, 3.05) is 33.1 Å². The first-order chi connectivity index (χ1) is 16.6. The van der Waals surface area contributed by atoms with Gasteiger partial charge < -0.3 is 20.0 Å². The van der Waals surface area contributed by atoms with Crippen LogP contribution < -0.4 is 10.2 Å². The first-order valence-electron chi connectivity index (χ1n) is 10.8. The van der Waals surface area contributed by atoms with E-state index >= 15 is 0 Å². The van der Waals surface area contributed by atoms with Gasteiger partial charge in [0.2, 0.25) is 5.91 Å². The second-order valence-corrected chi connectivity index (χ2v) is 9.23. The molecule has 0 fully saturated rings. The normalized spacial score (nSPS) is 14.6. The fourth-order valence-corrected chi connectivity index (χ4v) is 3.74. The van der Waals surface area contributed by atoms with Crippen molar-refractivity contribution in [2.45, 2.75) is 19.1 Å². The number of hydrogen-bond donors (Lipinski definition) is 1. The molecule has 0 aliphatic carbocycles. The number of carbonyl (C=O) groups excluding carboxylic acids is 3. The van der Waals surface area contributed by atoms with Crippen LogP contribution in [0.1, 0.15) is 22.3 Å². The molecule has 1 aliphatic heterocycles. The Balaban J connectivity index is 1.88. The van der Waals surface area contributed by atoms with E-state index in [9.17, 15) is 14.4 Å². The molecular formula is C25H27Cl2N5O3. The van der Waals surface area contributed by atoms with Crippen LogP contribution in [0.25, 0.3) is 0 Å². The van der Waals surface area contributed by atoms with Gasteiger partial charge >= 0.3 is 0 Å². The molecule has 2 aromatic rings. The first kappa shape index (κ1) is 26.2. The van der Waals surface area contributed by atoms with E-state index in [1.54, 1.807) is 68.9 Å². The van der Waals surface area contributed by atoms with Crippen LogP contribution in [-0.4, -0.2) is 68.0 Å². The van der Waals surface area contributed by atoms with Crippen LogP contribution >= 0.6 is 23.2 Å². The Bertz CT molecular complexity index is 1190.